The lowest BCUT2D eigenvalue weighted by molar-refractivity contribution is -0.141. The molecule has 21 heavy (non-hydrogen) atoms. The summed E-state index contributed by atoms with van der Waals surface area (Å²) >= 11 is 0. The third-order valence-electron chi connectivity index (χ3n) is 3.64. The minimum atomic E-state index is -4.85. The Balaban J connectivity index is 2.50. The highest BCUT2D eigenvalue weighted by atomic mass is 19.4. The van der Waals surface area contributed by atoms with E-state index in [9.17, 15) is 31.1 Å². The van der Waals surface area contributed by atoms with Gasteiger partial charge in [-0.2, -0.15) is 26.3 Å². The largest absolute Gasteiger partial charge is 0.417 e. The summed E-state index contributed by atoms with van der Waals surface area (Å²) in [6.07, 6.45) is -7.38. The van der Waals surface area contributed by atoms with E-state index in [1.54, 1.807) is 0 Å². The summed E-state index contributed by atoms with van der Waals surface area (Å²) in [7, 11) is 0. The van der Waals surface area contributed by atoms with Crippen LogP contribution < -0.4 is 0 Å². The lowest BCUT2D eigenvalue weighted by Crippen LogP contribution is -2.19. The van der Waals surface area contributed by atoms with E-state index in [0.29, 0.717) is 43.9 Å². The van der Waals surface area contributed by atoms with Crippen LogP contribution in [0.3, 0.4) is 0 Å². The van der Waals surface area contributed by atoms with Crippen LogP contribution in [-0.2, 0) is 12.4 Å². The van der Waals surface area contributed by atoms with E-state index in [0.717, 1.165) is 0 Å². The van der Waals surface area contributed by atoms with Gasteiger partial charge in [0.15, 0.2) is 5.78 Å². The Morgan fingerprint density at radius 1 is 0.952 bits per heavy atom. The molecule has 0 amide bonds. The van der Waals surface area contributed by atoms with Gasteiger partial charge in [-0.3, -0.25) is 4.79 Å². The fourth-order valence-electron chi connectivity index (χ4n) is 2.58. The molecule has 1 aromatic rings. The van der Waals surface area contributed by atoms with Crippen molar-refractivity contribution in [1.82, 2.24) is 0 Å². The highest BCUT2D eigenvalue weighted by Crippen LogP contribution is 2.39. The van der Waals surface area contributed by atoms with Gasteiger partial charge in [0.05, 0.1) is 11.1 Å². The topological polar surface area (TPSA) is 17.1 Å². The molecule has 7 heteroatoms. The molecule has 0 spiro atoms. The SMILES string of the molecule is O=C(c1cc(C(F)(F)F)ccc1C(F)(F)F)C1CCCC1. The van der Waals surface area contributed by atoms with Crippen molar-refractivity contribution in [1.29, 1.82) is 0 Å². The van der Waals surface area contributed by atoms with Crippen molar-refractivity contribution in [3.8, 4) is 0 Å². The lowest BCUT2D eigenvalue weighted by Gasteiger charge is -2.17. The van der Waals surface area contributed by atoms with Crippen LogP contribution in [0.4, 0.5) is 26.3 Å². The first kappa shape index (κ1) is 15.9. The van der Waals surface area contributed by atoms with Gasteiger partial charge in [-0.05, 0) is 31.0 Å². The fourth-order valence-corrected chi connectivity index (χ4v) is 2.58. The molecule has 0 radical (unpaired) electrons. The highest BCUT2D eigenvalue weighted by molar-refractivity contribution is 5.99. The normalized spacial score (nSPS) is 17.2. The molecule has 1 nitrogen and oxygen atoms in total. The number of Topliss-reactive ketones (excluding diaryl/α,β-unsaturated/α-hetero) is 1. The first-order valence-electron chi connectivity index (χ1n) is 6.43. The van der Waals surface area contributed by atoms with Crippen LogP contribution in [0.25, 0.3) is 0 Å². The molecule has 0 bridgehead atoms. The van der Waals surface area contributed by atoms with Crippen molar-refractivity contribution in [2.24, 2.45) is 5.92 Å². The van der Waals surface area contributed by atoms with Gasteiger partial charge in [-0.25, -0.2) is 0 Å². The molecule has 0 N–H and O–H groups in total. The second-order valence-electron chi connectivity index (χ2n) is 5.10. The Morgan fingerprint density at radius 3 is 2.00 bits per heavy atom. The van der Waals surface area contributed by atoms with E-state index >= 15 is 0 Å². The highest BCUT2D eigenvalue weighted by Gasteiger charge is 2.39. The monoisotopic (exact) mass is 310 g/mol. The van der Waals surface area contributed by atoms with Crippen molar-refractivity contribution in [3.05, 3.63) is 34.9 Å². The van der Waals surface area contributed by atoms with Crippen molar-refractivity contribution < 1.29 is 31.1 Å². The first-order valence-corrected chi connectivity index (χ1v) is 6.43. The average molecular weight is 310 g/mol. The third-order valence-corrected chi connectivity index (χ3v) is 3.64. The molecule has 1 aliphatic carbocycles. The van der Waals surface area contributed by atoms with E-state index in [2.05, 4.69) is 0 Å². The predicted molar refractivity (Wildman–Crippen MR) is 62.7 cm³/mol. The van der Waals surface area contributed by atoms with Gasteiger partial charge in [0, 0.05) is 11.5 Å². The summed E-state index contributed by atoms with van der Waals surface area (Å²) in [6.45, 7) is 0. The Hall–Kier alpha value is -1.53. The van der Waals surface area contributed by atoms with Crippen LogP contribution in [0.15, 0.2) is 18.2 Å². The molecule has 0 aromatic heterocycles. The molecular formula is C14H12F6O. The van der Waals surface area contributed by atoms with Gasteiger partial charge >= 0.3 is 12.4 Å². The lowest BCUT2D eigenvalue weighted by atomic mass is 9.91. The quantitative estimate of drug-likeness (QED) is 0.549. The van der Waals surface area contributed by atoms with Crippen LogP contribution >= 0.6 is 0 Å². The standard InChI is InChI=1S/C14H12F6O/c15-13(16,17)9-5-6-11(14(18,19)20)10(7-9)12(21)8-3-1-2-4-8/h5-8H,1-4H2. The van der Waals surface area contributed by atoms with Gasteiger partial charge in [-0.15, -0.1) is 0 Å². The molecule has 0 unspecified atom stereocenters. The van der Waals surface area contributed by atoms with Crippen LogP contribution in [0.2, 0.25) is 0 Å². The first-order chi connectivity index (χ1) is 9.60. The molecule has 2 rings (SSSR count). The van der Waals surface area contributed by atoms with E-state index in [1.807, 2.05) is 0 Å². The van der Waals surface area contributed by atoms with Gasteiger partial charge < -0.3 is 0 Å². The van der Waals surface area contributed by atoms with Gasteiger partial charge in [-0.1, -0.05) is 12.8 Å². The number of ketones is 1. The molecule has 1 aliphatic rings. The number of hydrogen-bond donors (Lipinski definition) is 0. The minimum absolute atomic E-state index is 0.323. The number of carbonyl (C=O) groups is 1. The summed E-state index contributed by atoms with van der Waals surface area (Å²) in [4.78, 5) is 12.1. The molecular weight excluding hydrogens is 298 g/mol. The zero-order valence-electron chi connectivity index (χ0n) is 10.8. The van der Waals surface area contributed by atoms with Crippen LogP contribution in [0.5, 0.6) is 0 Å². The van der Waals surface area contributed by atoms with Gasteiger partial charge in [0.1, 0.15) is 0 Å². The summed E-state index contributed by atoms with van der Waals surface area (Å²) in [5.41, 5.74) is -3.41. The number of alkyl halides is 6. The number of rotatable bonds is 2. The molecule has 116 valence electrons. The molecule has 0 atom stereocenters. The number of carbonyl (C=O) groups excluding carboxylic acids is 1. The summed E-state index contributed by atoms with van der Waals surface area (Å²) in [5.74, 6) is -1.46. The van der Waals surface area contributed by atoms with Gasteiger partial charge in [0.25, 0.3) is 0 Å². The van der Waals surface area contributed by atoms with E-state index in [4.69, 9.17) is 0 Å². The summed E-state index contributed by atoms with van der Waals surface area (Å²) in [5, 5.41) is 0. The molecule has 1 aromatic carbocycles. The fraction of sp³-hybridized carbons (Fsp3) is 0.500. The summed E-state index contributed by atoms with van der Waals surface area (Å²) < 4.78 is 76.6. The Kier molecular flexibility index (Phi) is 4.04. The Morgan fingerprint density at radius 2 is 1.52 bits per heavy atom. The van der Waals surface area contributed by atoms with Crippen molar-refractivity contribution >= 4 is 5.78 Å². The number of hydrogen-bond acceptors (Lipinski definition) is 1. The Labute approximate surface area is 116 Å². The van der Waals surface area contributed by atoms with Crippen molar-refractivity contribution in [3.63, 3.8) is 0 Å². The molecule has 1 fully saturated rings. The van der Waals surface area contributed by atoms with Gasteiger partial charge in [0.2, 0.25) is 0 Å². The second-order valence-corrected chi connectivity index (χ2v) is 5.10. The van der Waals surface area contributed by atoms with E-state index < -0.39 is 40.7 Å². The molecule has 0 heterocycles. The maximum absolute atomic E-state index is 12.9. The molecule has 1 saturated carbocycles. The predicted octanol–water partition coefficient (Wildman–Crippen LogP) is 5.10. The average Bonchev–Trinajstić information content (AvgIpc) is 2.88. The maximum atomic E-state index is 12.9. The molecule has 0 saturated heterocycles. The Bertz CT molecular complexity index is 537. The summed E-state index contributed by atoms with van der Waals surface area (Å²) in [6, 6.07) is 1.02. The number of benzene rings is 1. The molecule has 0 aliphatic heterocycles. The van der Waals surface area contributed by atoms with Crippen molar-refractivity contribution in [2.45, 2.75) is 38.0 Å². The number of halogens is 6. The third kappa shape index (κ3) is 3.39. The van der Waals surface area contributed by atoms with Crippen molar-refractivity contribution in [2.75, 3.05) is 0 Å². The zero-order valence-corrected chi connectivity index (χ0v) is 10.8. The minimum Gasteiger partial charge on any atom is -0.294 e. The zero-order chi connectivity index (χ0) is 15.8. The van der Waals surface area contributed by atoms with E-state index in [1.165, 1.54) is 0 Å². The van der Waals surface area contributed by atoms with E-state index in [-0.39, 0.29) is 0 Å². The second kappa shape index (κ2) is 5.35. The smallest absolute Gasteiger partial charge is 0.294 e. The van der Waals surface area contributed by atoms with Crippen LogP contribution in [0.1, 0.15) is 47.2 Å². The van der Waals surface area contributed by atoms with Crippen LogP contribution in [-0.4, -0.2) is 5.78 Å². The maximum Gasteiger partial charge on any atom is 0.417 e. The van der Waals surface area contributed by atoms with Crippen LogP contribution in [0, 0.1) is 5.92 Å².